The second-order valence-electron chi connectivity index (χ2n) is 9.23. The first-order valence-electron chi connectivity index (χ1n) is 11.7. The van der Waals surface area contributed by atoms with Gasteiger partial charge in [-0.25, -0.2) is 9.59 Å². The van der Waals surface area contributed by atoms with E-state index in [9.17, 15) is 19.5 Å². The van der Waals surface area contributed by atoms with E-state index in [0.717, 1.165) is 41.5 Å². The fourth-order valence-corrected chi connectivity index (χ4v) is 5.46. The van der Waals surface area contributed by atoms with E-state index < -0.39 is 23.6 Å². The van der Waals surface area contributed by atoms with Gasteiger partial charge >= 0.3 is 12.1 Å². The highest BCUT2D eigenvalue weighted by Crippen LogP contribution is 2.44. The summed E-state index contributed by atoms with van der Waals surface area (Å²) in [5.74, 6) is -1.34. The van der Waals surface area contributed by atoms with Gasteiger partial charge in [0.2, 0.25) is 5.91 Å². The van der Waals surface area contributed by atoms with Crippen LogP contribution in [-0.2, 0) is 14.3 Å². The molecule has 7 nitrogen and oxygen atoms in total. The Balaban J connectivity index is 1.28. The number of likely N-dealkylation sites (tertiary alicyclic amines) is 1. The summed E-state index contributed by atoms with van der Waals surface area (Å²) in [5.41, 5.74) is 3.49. The molecule has 0 bridgehead atoms. The van der Waals surface area contributed by atoms with Crippen molar-refractivity contribution in [2.75, 3.05) is 13.2 Å². The van der Waals surface area contributed by atoms with Gasteiger partial charge in [0.25, 0.3) is 0 Å². The van der Waals surface area contributed by atoms with Crippen molar-refractivity contribution < 1.29 is 24.2 Å². The lowest BCUT2D eigenvalue weighted by molar-refractivity contribution is -0.157. The molecule has 3 aliphatic rings. The fraction of sp³-hybridized carbons (Fsp3) is 0.423. The Hall–Kier alpha value is -3.35. The third-order valence-corrected chi connectivity index (χ3v) is 7.35. The van der Waals surface area contributed by atoms with Crippen molar-refractivity contribution in [1.82, 2.24) is 10.2 Å². The molecule has 2 aliphatic carbocycles. The van der Waals surface area contributed by atoms with Crippen LogP contribution in [-0.4, -0.2) is 52.7 Å². The maximum atomic E-state index is 13.3. The molecule has 5 rings (SSSR count). The number of fused-ring (bicyclic) bond motifs is 3. The molecule has 0 radical (unpaired) electrons. The highest BCUT2D eigenvalue weighted by atomic mass is 16.5. The number of nitrogens with zero attached hydrogens (tertiary/aromatic N) is 1. The summed E-state index contributed by atoms with van der Waals surface area (Å²) >= 11 is 0. The van der Waals surface area contributed by atoms with Crippen molar-refractivity contribution in [3.05, 3.63) is 59.7 Å². The Morgan fingerprint density at radius 3 is 2.18 bits per heavy atom. The summed E-state index contributed by atoms with van der Waals surface area (Å²) in [6, 6.07) is 15.4. The minimum Gasteiger partial charge on any atom is -0.480 e. The Morgan fingerprint density at radius 2 is 1.61 bits per heavy atom. The summed E-state index contributed by atoms with van der Waals surface area (Å²) in [6.07, 6.45) is 3.18. The zero-order valence-corrected chi connectivity index (χ0v) is 18.5. The number of hydrogen-bond donors (Lipinski definition) is 2. The van der Waals surface area contributed by atoms with Crippen molar-refractivity contribution in [2.45, 2.75) is 56.0 Å². The molecule has 0 spiro atoms. The van der Waals surface area contributed by atoms with Gasteiger partial charge in [-0.3, -0.25) is 4.79 Å². The number of aliphatic carboxylic acids is 1. The van der Waals surface area contributed by atoms with Crippen LogP contribution in [0.2, 0.25) is 0 Å². The highest BCUT2D eigenvalue weighted by Gasteiger charge is 2.50. The Bertz CT molecular complexity index is 1050. The highest BCUT2D eigenvalue weighted by molar-refractivity contribution is 5.93. The molecule has 1 unspecified atom stereocenters. The predicted octanol–water partition coefficient (Wildman–Crippen LogP) is 3.91. The number of ether oxygens (including phenoxy) is 1. The SMILES string of the molecule is O=C(NC1(C(=O)N2CCCCC2C(=O)O)CCC1)OCC1c2ccccc2-c2ccccc21. The number of benzene rings is 2. The molecule has 7 heteroatoms. The van der Waals surface area contributed by atoms with Crippen molar-refractivity contribution >= 4 is 18.0 Å². The van der Waals surface area contributed by atoms with Gasteiger partial charge in [0, 0.05) is 12.5 Å². The summed E-state index contributed by atoms with van der Waals surface area (Å²) < 4.78 is 5.65. The largest absolute Gasteiger partial charge is 0.480 e. The molecule has 1 saturated carbocycles. The lowest BCUT2D eigenvalue weighted by atomic mass is 9.75. The van der Waals surface area contributed by atoms with Crippen LogP contribution in [0.15, 0.2) is 48.5 Å². The minimum absolute atomic E-state index is 0.0605. The first-order valence-corrected chi connectivity index (χ1v) is 11.7. The molecule has 1 heterocycles. The molecule has 1 atom stereocenters. The number of rotatable bonds is 5. The number of carboxylic acid groups (broad SMARTS) is 1. The van der Waals surface area contributed by atoms with Crippen LogP contribution in [0.3, 0.4) is 0 Å². The molecule has 1 aliphatic heterocycles. The quantitative estimate of drug-likeness (QED) is 0.723. The van der Waals surface area contributed by atoms with E-state index in [1.165, 1.54) is 4.90 Å². The van der Waals surface area contributed by atoms with E-state index in [1.807, 2.05) is 24.3 Å². The topological polar surface area (TPSA) is 95.9 Å². The van der Waals surface area contributed by atoms with E-state index in [4.69, 9.17) is 4.74 Å². The van der Waals surface area contributed by atoms with Crippen molar-refractivity contribution in [1.29, 1.82) is 0 Å². The second-order valence-corrected chi connectivity index (χ2v) is 9.23. The molecular formula is C26H28N2O5. The van der Waals surface area contributed by atoms with Crippen molar-refractivity contribution in [3.63, 3.8) is 0 Å². The van der Waals surface area contributed by atoms with Gasteiger partial charge < -0.3 is 20.1 Å². The fourth-order valence-electron chi connectivity index (χ4n) is 5.46. The van der Waals surface area contributed by atoms with Crippen LogP contribution in [0.5, 0.6) is 0 Å². The number of hydrogen-bond acceptors (Lipinski definition) is 4. The van der Waals surface area contributed by atoms with Gasteiger partial charge in [-0.15, -0.1) is 0 Å². The maximum Gasteiger partial charge on any atom is 0.408 e. The summed E-state index contributed by atoms with van der Waals surface area (Å²) in [6.45, 7) is 0.579. The van der Waals surface area contributed by atoms with Crippen molar-refractivity contribution in [2.24, 2.45) is 0 Å². The minimum atomic E-state index is -1.06. The number of amides is 2. The number of carbonyl (C=O) groups is 3. The molecule has 2 aromatic carbocycles. The Morgan fingerprint density at radius 1 is 0.970 bits per heavy atom. The third-order valence-electron chi connectivity index (χ3n) is 7.35. The van der Waals surface area contributed by atoms with E-state index in [-0.39, 0.29) is 18.4 Å². The van der Waals surface area contributed by atoms with Crippen LogP contribution < -0.4 is 5.32 Å². The Kier molecular flexibility index (Phi) is 5.56. The average Bonchev–Trinajstić information content (AvgIpc) is 3.13. The number of piperidine rings is 1. The molecular weight excluding hydrogens is 420 g/mol. The van der Waals surface area contributed by atoms with Crippen LogP contribution in [0.25, 0.3) is 11.1 Å². The summed E-state index contributed by atoms with van der Waals surface area (Å²) in [4.78, 5) is 39.3. The van der Waals surface area contributed by atoms with E-state index >= 15 is 0 Å². The van der Waals surface area contributed by atoms with Crippen LogP contribution in [0.4, 0.5) is 4.79 Å². The standard InChI is InChI=1S/C26H28N2O5/c29-23(30)22-12-5-6-15-28(22)24(31)26(13-7-14-26)27-25(32)33-16-21-19-10-3-1-8-17(19)18-9-2-4-11-20(18)21/h1-4,8-11,21-22H,5-7,12-16H2,(H,27,32)(H,29,30). The number of carboxylic acids is 1. The monoisotopic (exact) mass is 448 g/mol. The van der Waals surface area contributed by atoms with Gasteiger partial charge in [-0.2, -0.15) is 0 Å². The smallest absolute Gasteiger partial charge is 0.408 e. The molecule has 1 saturated heterocycles. The molecule has 33 heavy (non-hydrogen) atoms. The number of nitrogens with one attached hydrogen (secondary N) is 1. The first-order chi connectivity index (χ1) is 16.0. The number of alkyl carbamates (subject to hydrolysis) is 1. The van der Waals surface area contributed by atoms with E-state index in [0.29, 0.717) is 25.8 Å². The molecule has 0 aromatic heterocycles. The van der Waals surface area contributed by atoms with Gasteiger partial charge in [0.05, 0.1) is 0 Å². The van der Waals surface area contributed by atoms with Crippen LogP contribution in [0.1, 0.15) is 55.6 Å². The van der Waals surface area contributed by atoms with E-state index in [1.54, 1.807) is 0 Å². The second kappa shape index (κ2) is 8.54. The van der Waals surface area contributed by atoms with Gasteiger partial charge in [0.15, 0.2) is 0 Å². The molecule has 172 valence electrons. The maximum absolute atomic E-state index is 13.3. The number of carbonyl (C=O) groups excluding carboxylic acids is 2. The lowest BCUT2D eigenvalue weighted by Crippen LogP contribution is -2.66. The normalized spacial score (nSPS) is 20.8. The van der Waals surface area contributed by atoms with Crippen molar-refractivity contribution in [3.8, 4) is 11.1 Å². The van der Waals surface area contributed by atoms with Crippen LogP contribution >= 0.6 is 0 Å². The Labute approximate surface area is 192 Å². The predicted molar refractivity (Wildman–Crippen MR) is 122 cm³/mol. The average molecular weight is 449 g/mol. The van der Waals surface area contributed by atoms with Crippen LogP contribution in [0, 0.1) is 0 Å². The zero-order valence-electron chi connectivity index (χ0n) is 18.5. The van der Waals surface area contributed by atoms with Gasteiger partial charge in [-0.05, 0) is 60.8 Å². The van der Waals surface area contributed by atoms with Gasteiger partial charge in [0.1, 0.15) is 18.2 Å². The zero-order chi connectivity index (χ0) is 23.0. The summed E-state index contributed by atoms with van der Waals surface area (Å²) in [5, 5.41) is 12.4. The van der Waals surface area contributed by atoms with Gasteiger partial charge in [-0.1, -0.05) is 48.5 Å². The lowest BCUT2D eigenvalue weighted by Gasteiger charge is -2.46. The molecule has 2 N–H and O–H groups in total. The first kappa shape index (κ1) is 21.5. The molecule has 2 aromatic rings. The third kappa shape index (κ3) is 3.75. The van der Waals surface area contributed by atoms with E-state index in [2.05, 4.69) is 29.6 Å². The summed E-state index contributed by atoms with van der Waals surface area (Å²) in [7, 11) is 0. The molecule has 2 fully saturated rings. The molecule has 2 amide bonds.